The average Bonchev–Trinajstić information content (AvgIpc) is 3.05. The fraction of sp³-hybridized carbons (Fsp3) is 0.583. The highest BCUT2D eigenvalue weighted by molar-refractivity contribution is 7.98. The normalized spacial score (nSPS) is 11.1. The second kappa shape index (κ2) is 7.61. The molecule has 1 N–H and O–H groups in total. The number of hydrogen-bond donors (Lipinski definition) is 1. The van der Waals surface area contributed by atoms with Crippen molar-refractivity contribution in [2.45, 2.75) is 37.2 Å². The van der Waals surface area contributed by atoms with E-state index < -0.39 is 0 Å². The van der Waals surface area contributed by atoms with Gasteiger partial charge in [-0.3, -0.25) is 4.57 Å². The molecule has 0 radical (unpaired) electrons. The highest BCUT2D eigenvalue weighted by Gasteiger charge is 2.10. The summed E-state index contributed by atoms with van der Waals surface area (Å²) in [7, 11) is 1.65. The molecule has 0 saturated carbocycles. The SMILES string of the molecule is CCc1nc(CSc2n[nH]c(=O)n2CCCOC)cs1. The van der Waals surface area contributed by atoms with Crippen LogP contribution in [0.4, 0.5) is 0 Å². The van der Waals surface area contributed by atoms with Crippen LogP contribution in [-0.4, -0.2) is 33.5 Å². The van der Waals surface area contributed by atoms with Gasteiger partial charge in [0.2, 0.25) is 0 Å². The molecule has 0 saturated heterocycles. The molecular formula is C12H18N4O2S2. The highest BCUT2D eigenvalue weighted by Crippen LogP contribution is 2.21. The molecule has 0 amide bonds. The van der Waals surface area contributed by atoms with E-state index in [1.54, 1.807) is 23.0 Å². The van der Waals surface area contributed by atoms with E-state index in [2.05, 4.69) is 27.5 Å². The summed E-state index contributed by atoms with van der Waals surface area (Å²) in [6.07, 6.45) is 1.75. The second-order valence-electron chi connectivity index (χ2n) is 4.18. The molecule has 0 aliphatic heterocycles. The molecule has 2 aromatic heterocycles. The van der Waals surface area contributed by atoms with Crippen molar-refractivity contribution in [3.8, 4) is 0 Å². The fourth-order valence-electron chi connectivity index (χ4n) is 1.69. The smallest absolute Gasteiger partial charge is 0.343 e. The monoisotopic (exact) mass is 314 g/mol. The van der Waals surface area contributed by atoms with Crippen LogP contribution in [0.2, 0.25) is 0 Å². The van der Waals surface area contributed by atoms with Crippen molar-refractivity contribution in [2.75, 3.05) is 13.7 Å². The lowest BCUT2D eigenvalue weighted by molar-refractivity contribution is 0.189. The van der Waals surface area contributed by atoms with Gasteiger partial charge in [0, 0.05) is 31.4 Å². The summed E-state index contributed by atoms with van der Waals surface area (Å²) in [5.41, 5.74) is 0.867. The summed E-state index contributed by atoms with van der Waals surface area (Å²) in [5, 5.41) is 10.5. The predicted molar refractivity (Wildman–Crippen MR) is 80.4 cm³/mol. The van der Waals surface area contributed by atoms with Crippen molar-refractivity contribution in [1.82, 2.24) is 19.7 Å². The fourth-order valence-corrected chi connectivity index (χ4v) is 3.41. The molecule has 0 bridgehead atoms. The first-order valence-electron chi connectivity index (χ1n) is 6.44. The van der Waals surface area contributed by atoms with Gasteiger partial charge in [-0.25, -0.2) is 14.9 Å². The maximum Gasteiger partial charge on any atom is 0.343 e. The molecule has 0 unspecified atom stereocenters. The van der Waals surface area contributed by atoms with Gasteiger partial charge in [0.05, 0.1) is 10.7 Å². The summed E-state index contributed by atoms with van der Waals surface area (Å²) in [6, 6.07) is 0. The van der Waals surface area contributed by atoms with E-state index in [0.717, 1.165) is 29.3 Å². The minimum Gasteiger partial charge on any atom is -0.385 e. The van der Waals surface area contributed by atoms with Gasteiger partial charge in [-0.05, 0) is 12.8 Å². The summed E-state index contributed by atoms with van der Waals surface area (Å²) in [5.74, 6) is 0.727. The first kappa shape index (κ1) is 15.3. The van der Waals surface area contributed by atoms with Crippen LogP contribution in [0.1, 0.15) is 24.0 Å². The van der Waals surface area contributed by atoms with E-state index >= 15 is 0 Å². The molecule has 0 aliphatic rings. The van der Waals surface area contributed by atoms with Gasteiger partial charge >= 0.3 is 5.69 Å². The Morgan fingerprint density at radius 3 is 3.10 bits per heavy atom. The largest absolute Gasteiger partial charge is 0.385 e. The van der Waals surface area contributed by atoms with Crippen LogP contribution in [0, 0.1) is 0 Å². The van der Waals surface area contributed by atoms with Gasteiger partial charge in [-0.2, -0.15) is 0 Å². The highest BCUT2D eigenvalue weighted by atomic mass is 32.2. The van der Waals surface area contributed by atoms with Crippen LogP contribution in [0.25, 0.3) is 0 Å². The number of H-pyrrole nitrogens is 1. The summed E-state index contributed by atoms with van der Waals surface area (Å²) in [4.78, 5) is 16.2. The second-order valence-corrected chi connectivity index (χ2v) is 6.07. The molecule has 8 heteroatoms. The van der Waals surface area contributed by atoms with Crippen LogP contribution < -0.4 is 5.69 Å². The minimum absolute atomic E-state index is 0.170. The van der Waals surface area contributed by atoms with E-state index in [1.165, 1.54) is 11.8 Å². The van der Waals surface area contributed by atoms with Crippen molar-refractivity contribution >= 4 is 23.1 Å². The van der Waals surface area contributed by atoms with Crippen molar-refractivity contribution in [3.63, 3.8) is 0 Å². The number of nitrogens with one attached hydrogen (secondary N) is 1. The minimum atomic E-state index is -0.170. The summed E-state index contributed by atoms with van der Waals surface area (Å²) >= 11 is 3.20. The Bertz CT molecular complexity index is 590. The van der Waals surface area contributed by atoms with Gasteiger partial charge < -0.3 is 4.74 Å². The molecule has 2 aromatic rings. The van der Waals surface area contributed by atoms with Crippen LogP contribution in [0.5, 0.6) is 0 Å². The number of aromatic amines is 1. The lowest BCUT2D eigenvalue weighted by atomic mass is 10.4. The van der Waals surface area contributed by atoms with E-state index in [-0.39, 0.29) is 5.69 Å². The molecular weight excluding hydrogens is 296 g/mol. The van der Waals surface area contributed by atoms with E-state index in [1.807, 2.05) is 0 Å². The van der Waals surface area contributed by atoms with Crippen LogP contribution in [0.3, 0.4) is 0 Å². The molecule has 0 spiro atoms. The molecule has 0 aromatic carbocycles. The maximum absolute atomic E-state index is 11.7. The van der Waals surface area contributed by atoms with E-state index in [9.17, 15) is 4.79 Å². The molecule has 20 heavy (non-hydrogen) atoms. The summed E-state index contributed by atoms with van der Waals surface area (Å²) < 4.78 is 6.65. The van der Waals surface area contributed by atoms with Crippen LogP contribution in [-0.2, 0) is 23.5 Å². The topological polar surface area (TPSA) is 72.8 Å². The third-order valence-corrected chi connectivity index (χ3v) is 4.76. The molecule has 2 heterocycles. The number of thiazole rings is 1. The molecule has 0 fully saturated rings. The number of ether oxygens (including phenoxy) is 1. The summed E-state index contributed by atoms with van der Waals surface area (Å²) in [6.45, 7) is 3.34. The molecule has 6 nitrogen and oxygen atoms in total. The van der Waals surface area contributed by atoms with Gasteiger partial charge in [0.25, 0.3) is 0 Å². The third-order valence-electron chi connectivity index (χ3n) is 2.70. The van der Waals surface area contributed by atoms with Gasteiger partial charge in [-0.15, -0.1) is 16.4 Å². The average molecular weight is 314 g/mol. The van der Waals surface area contributed by atoms with E-state index in [4.69, 9.17) is 4.74 Å². The van der Waals surface area contributed by atoms with Crippen LogP contribution >= 0.6 is 23.1 Å². The Morgan fingerprint density at radius 2 is 2.40 bits per heavy atom. The molecule has 0 aliphatic carbocycles. The zero-order chi connectivity index (χ0) is 14.4. The lowest BCUT2D eigenvalue weighted by Crippen LogP contribution is -2.18. The first-order chi connectivity index (χ1) is 9.74. The van der Waals surface area contributed by atoms with Crippen molar-refractivity contribution < 1.29 is 4.74 Å². The zero-order valence-corrected chi connectivity index (χ0v) is 13.2. The Labute approximate surface area is 125 Å². The van der Waals surface area contributed by atoms with Crippen molar-refractivity contribution in [2.24, 2.45) is 0 Å². The molecule has 2 rings (SSSR count). The maximum atomic E-state index is 11.7. The number of rotatable bonds is 8. The number of nitrogens with zero attached hydrogens (tertiary/aromatic N) is 3. The molecule has 110 valence electrons. The quantitative estimate of drug-likeness (QED) is 0.595. The van der Waals surface area contributed by atoms with Crippen LogP contribution in [0.15, 0.2) is 15.3 Å². The first-order valence-corrected chi connectivity index (χ1v) is 8.31. The van der Waals surface area contributed by atoms with Gasteiger partial charge in [0.1, 0.15) is 0 Å². The standard InChI is InChI=1S/C12H18N4O2S2/c1-3-10-13-9(7-19-10)8-20-12-15-14-11(17)16(12)5-4-6-18-2/h7H,3-6,8H2,1-2H3,(H,14,17). The number of methoxy groups -OCH3 is 1. The Balaban J connectivity index is 1.96. The Kier molecular flexibility index (Phi) is 5.81. The Hall–Kier alpha value is -1.12. The zero-order valence-electron chi connectivity index (χ0n) is 11.6. The van der Waals surface area contributed by atoms with E-state index in [0.29, 0.717) is 18.3 Å². The Morgan fingerprint density at radius 1 is 1.55 bits per heavy atom. The number of thioether (sulfide) groups is 1. The third kappa shape index (κ3) is 3.94. The van der Waals surface area contributed by atoms with Gasteiger partial charge in [-0.1, -0.05) is 18.7 Å². The number of aryl methyl sites for hydroxylation is 1. The van der Waals surface area contributed by atoms with Crippen molar-refractivity contribution in [1.29, 1.82) is 0 Å². The van der Waals surface area contributed by atoms with Gasteiger partial charge in [0.15, 0.2) is 5.16 Å². The number of hydrogen-bond acceptors (Lipinski definition) is 6. The number of aromatic nitrogens is 4. The lowest BCUT2D eigenvalue weighted by Gasteiger charge is -2.04. The molecule has 0 atom stereocenters. The van der Waals surface area contributed by atoms with Crippen molar-refractivity contribution in [3.05, 3.63) is 26.6 Å². The predicted octanol–water partition coefficient (Wildman–Crippen LogP) is 1.92.